The molecule has 0 heterocycles. The summed E-state index contributed by atoms with van der Waals surface area (Å²) in [5.41, 5.74) is 0.754. The van der Waals surface area contributed by atoms with Gasteiger partial charge < -0.3 is 4.74 Å². The SMILES string of the molecule is Fc1cc(Br)cc(OCc2cc(Cl)ccc2Cl)c1. The van der Waals surface area contributed by atoms with Gasteiger partial charge in [-0.2, -0.15) is 0 Å². The topological polar surface area (TPSA) is 9.23 Å². The summed E-state index contributed by atoms with van der Waals surface area (Å²) >= 11 is 15.1. The van der Waals surface area contributed by atoms with Crippen LogP contribution in [0.1, 0.15) is 5.56 Å². The summed E-state index contributed by atoms with van der Waals surface area (Å²) in [5.74, 6) is 0.0643. The Morgan fingerprint density at radius 3 is 2.61 bits per heavy atom. The number of rotatable bonds is 3. The van der Waals surface area contributed by atoms with Crippen molar-refractivity contribution in [3.63, 3.8) is 0 Å². The molecule has 0 radical (unpaired) electrons. The lowest BCUT2D eigenvalue weighted by Gasteiger charge is -2.08. The van der Waals surface area contributed by atoms with Crippen LogP contribution in [0.5, 0.6) is 5.75 Å². The molecule has 2 aromatic carbocycles. The minimum absolute atomic E-state index is 0.231. The number of ether oxygens (including phenoxy) is 1. The van der Waals surface area contributed by atoms with Crippen molar-refractivity contribution >= 4 is 39.1 Å². The monoisotopic (exact) mass is 348 g/mol. The highest BCUT2D eigenvalue weighted by molar-refractivity contribution is 9.10. The molecule has 0 aliphatic rings. The fourth-order valence-electron chi connectivity index (χ4n) is 1.43. The van der Waals surface area contributed by atoms with Crippen LogP contribution in [-0.2, 0) is 6.61 Å². The molecular formula is C13H8BrCl2FO. The summed E-state index contributed by atoms with van der Waals surface area (Å²) in [6.45, 7) is 0.231. The van der Waals surface area contributed by atoms with Gasteiger partial charge in [-0.15, -0.1) is 0 Å². The summed E-state index contributed by atoms with van der Waals surface area (Å²) in [6, 6.07) is 9.47. The summed E-state index contributed by atoms with van der Waals surface area (Å²) in [4.78, 5) is 0. The molecule has 0 amide bonds. The van der Waals surface area contributed by atoms with E-state index in [0.29, 0.717) is 20.3 Å². The van der Waals surface area contributed by atoms with Gasteiger partial charge in [-0.05, 0) is 30.3 Å². The molecule has 0 N–H and O–H groups in total. The Morgan fingerprint density at radius 2 is 1.89 bits per heavy atom. The fourth-order valence-corrected chi connectivity index (χ4v) is 2.24. The van der Waals surface area contributed by atoms with Crippen molar-refractivity contribution in [2.24, 2.45) is 0 Å². The molecule has 94 valence electrons. The van der Waals surface area contributed by atoms with Gasteiger partial charge in [0.25, 0.3) is 0 Å². The lowest BCUT2D eigenvalue weighted by Crippen LogP contribution is -1.97. The van der Waals surface area contributed by atoms with Crippen LogP contribution in [-0.4, -0.2) is 0 Å². The van der Waals surface area contributed by atoms with Crippen LogP contribution in [0.2, 0.25) is 10.0 Å². The van der Waals surface area contributed by atoms with Crippen molar-refractivity contribution in [1.82, 2.24) is 0 Å². The molecule has 0 saturated heterocycles. The second kappa shape index (κ2) is 5.91. The zero-order valence-electron chi connectivity index (χ0n) is 9.09. The summed E-state index contributed by atoms with van der Waals surface area (Å²) in [7, 11) is 0. The summed E-state index contributed by atoms with van der Waals surface area (Å²) in [6.07, 6.45) is 0. The zero-order valence-corrected chi connectivity index (χ0v) is 12.2. The van der Waals surface area contributed by atoms with Crippen LogP contribution in [0, 0.1) is 5.82 Å². The molecule has 2 aromatic rings. The van der Waals surface area contributed by atoms with Crippen molar-refractivity contribution in [3.05, 3.63) is 62.3 Å². The molecule has 0 aromatic heterocycles. The molecule has 0 atom stereocenters. The van der Waals surface area contributed by atoms with Crippen molar-refractivity contribution in [2.45, 2.75) is 6.61 Å². The van der Waals surface area contributed by atoms with Gasteiger partial charge in [-0.3, -0.25) is 0 Å². The Kier molecular flexibility index (Phi) is 4.49. The van der Waals surface area contributed by atoms with E-state index in [9.17, 15) is 4.39 Å². The first kappa shape index (κ1) is 13.7. The fraction of sp³-hybridized carbons (Fsp3) is 0.0769. The van der Waals surface area contributed by atoms with E-state index < -0.39 is 0 Å². The van der Waals surface area contributed by atoms with Crippen molar-refractivity contribution in [2.75, 3.05) is 0 Å². The Balaban J connectivity index is 2.13. The largest absolute Gasteiger partial charge is 0.489 e. The maximum absolute atomic E-state index is 13.1. The minimum atomic E-state index is -0.364. The van der Waals surface area contributed by atoms with E-state index in [4.69, 9.17) is 27.9 Å². The maximum atomic E-state index is 13.1. The lowest BCUT2D eigenvalue weighted by atomic mass is 10.2. The highest BCUT2D eigenvalue weighted by atomic mass is 79.9. The first-order valence-electron chi connectivity index (χ1n) is 5.07. The van der Waals surface area contributed by atoms with Crippen LogP contribution in [0.4, 0.5) is 4.39 Å². The van der Waals surface area contributed by atoms with Gasteiger partial charge in [0.1, 0.15) is 18.2 Å². The van der Waals surface area contributed by atoms with E-state index in [2.05, 4.69) is 15.9 Å². The molecule has 0 saturated carbocycles. The second-order valence-electron chi connectivity index (χ2n) is 3.63. The molecular weight excluding hydrogens is 342 g/mol. The third-order valence-corrected chi connectivity index (χ3v) is 3.30. The van der Waals surface area contributed by atoms with Gasteiger partial charge in [-0.25, -0.2) is 4.39 Å². The standard InChI is InChI=1S/C13H8BrCl2FO/c14-9-4-11(17)6-12(5-9)18-7-8-3-10(15)1-2-13(8)16/h1-6H,7H2. The molecule has 0 spiro atoms. The Hall–Kier alpha value is -0.770. The summed E-state index contributed by atoms with van der Waals surface area (Å²) in [5, 5.41) is 1.15. The van der Waals surface area contributed by atoms with Crippen LogP contribution in [0.25, 0.3) is 0 Å². The molecule has 18 heavy (non-hydrogen) atoms. The third-order valence-electron chi connectivity index (χ3n) is 2.24. The smallest absolute Gasteiger partial charge is 0.128 e. The number of benzene rings is 2. The van der Waals surface area contributed by atoms with Crippen molar-refractivity contribution in [1.29, 1.82) is 0 Å². The highest BCUT2D eigenvalue weighted by Crippen LogP contribution is 2.24. The van der Waals surface area contributed by atoms with E-state index in [-0.39, 0.29) is 12.4 Å². The van der Waals surface area contributed by atoms with E-state index in [1.807, 2.05) is 0 Å². The first-order valence-corrected chi connectivity index (χ1v) is 6.62. The van der Waals surface area contributed by atoms with E-state index in [1.165, 1.54) is 12.1 Å². The normalized spacial score (nSPS) is 10.4. The molecule has 2 rings (SSSR count). The molecule has 5 heteroatoms. The average Bonchev–Trinajstić information content (AvgIpc) is 2.29. The predicted octanol–water partition coefficient (Wildman–Crippen LogP) is 5.47. The van der Waals surface area contributed by atoms with Crippen LogP contribution in [0.15, 0.2) is 40.9 Å². The maximum Gasteiger partial charge on any atom is 0.128 e. The number of halogens is 4. The second-order valence-corrected chi connectivity index (χ2v) is 5.39. The number of hydrogen-bond donors (Lipinski definition) is 0. The van der Waals surface area contributed by atoms with Crippen LogP contribution >= 0.6 is 39.1 Å². The molecule has 0 bridgehead atoms. The minimum Gasteiger partial charge on any atom is -0.489 e. The average molecular weight is 350 g/mol. The zero-order chi connectivity index (χ0) is 13.1. The van der Waals surface area contributed by atoms with Crippen LogP contribution in [0.3, 0.4) is 0 Å². The number of hydrogen-bond acceptors (Lipinski definition) is 1. The Labute approximate surface area is 123 Å². The van der Waals surface area contributed by atoms with Gasteiger partial charge in [0.05, 0.1) is 0 Å². The third kappa shape index (κ3) is 3.61. The van der Waals surface area contributed by atoms with Gasteiger partial charge in [-0.1, -0.05) is 39.1 Å². The van der Waals surface area contributed by atoms with Crippen LogP contribution < -0.4 is 4.74 Å². The van der Waals surface area contributed by atoms with E-state index >= 15 is 0 Å². The molecule has 0 aliphatic carbocycles. The Bertz CT molecular complexity index is 555. The molecule has 0 unspecified atom stereocenters. The van der Waals surface area contributed by atoms with Gasteiger partial charge in [0.2, 0.25) is 0 Å². The predicted molar refractivity (Wildman–Crippen MR) is 74.9 cm³/mol. The quantitative estimate of drug-likeness (QED) is 0.713. The first-order chi connectivity index (χ1) is 8.54. The summed E-state index contributed by atoms with van der Waals surface area (Å²) < 4.78 is 19.2. The van der Waals surface area contributed by atoms with Crippen molar-refractivity contribution < 1.29 is 9.13 Å². The highest BCUT2D eigenvalue weighted by Gasteiger charge is 2.04. The van der Waals surface area contributed by atoms with Crippen molar-refractivity contribution in [3.8, 4) is 5.75 Å². The van der Waals surface area contributed by atoms with Gasteiger partial charge in [0.15, 0.2) is 0 Å². The molecule has 1 nitrogen and oxygen atoms in total. The Morgan fingerprint density at radius 1 is 1.11 bits per heavy atom. The lowest BCUT2D eigenvalue weighted by molar-refractivity contribution is 0.304. The van der Waals surface area contributed by atoms with Gasteiger partial charge >= 0.3 is 0 Å². The van der Waals surface area contributed by atoms with Gasteiger partial charge in [0, 0.05) is 26.1 Å². The van der Waals surface area contributed by atoms with E-state index in [0.717, 1.165) is 5.56 Å². The van der Waals surface area contributed by atoms with E-state index in [1.54, 1.807) is 24.3 Å². The molecule has 0 aliphatic heterocycles. The molecule has 0 fully saturated rings.